The summed E-state index contributed by atoms with van der Waals surface area (Å²) < 4.78 is 5.50. The molecule has 2 aromatic rings. The summed E-state index contributed by atoms with van der Waals surface area (Å²) in [4.78, 5) is 37.0. The summed E-state index contributed by atoms with van der Waals surface area (Å²) in [7, 11) is 0. The number of aliphatic carboxylic acids is 1. The van der Waals surface area contributed by atoms with Crippen LogP contribution in [0.3, 0.4) is 0 Å². The lowest BCUT2D eigenvalue weighted by molar-refractivity contribution is -0.144. The smallest absolute Gasteiger partial charge is 0.407 e. The van der Waals surface area contributed by atoms with Gasteiger partial charge in [-0.3, -0.25) is 9.59 Å². The van der Waals surface area contributed by atoms with Crippen molar-refractivity contribution in [1.82, 2.24) is 10.2 Å². The Balaban J connectivity index is 1.56. The summed E-state index contributed by atoms with van der Waals surface area (Å²) in [6, 6.07) is 15.7. The van der Waals surface area contributed by atoms with Gasteiger partial charge in [0.15, 0.2) is 0 Å². The highest BCUT2D eigenvalue weighted by molar-refractivity contribution is 5.82. The van der Waals surface area contributed by atoms with Crippen molar-refractivity contribution in [3.05, 3.63) is 59.7 Å². The number of rotatable bonds is 9. The molecule has 2 aromatic carbocycles. The monoisotopic (exact) mass is 424 g/mol. The van der Waals surface area contributed by atoms with E-state index in [1.807, 2.05) is 43.3 Å². The van der Waals surface area contributed by atoms with Crippen LogP contribution in [-0.2, 0) is 14.3 Å². The third kappa shape index (κ3) is 5.42. The van der Waals surface area contributed by atoms with Gasteiger partial charge in [-0.15, -0.1) is 0 Å². The van der Waals surface area contributed by atoms with Crippen molar-refractivity contribution < 1.29 is 24.2 Å². The van der Waals surface area contributed by atoms with E-state index in [0.717, 1.165) is 22.3 Å². The van der Waals surface area contributed by atoms with Crippen LogP contribution >= 0.6 is 0 Å². The predicted molar refractivity (Wildman–Crippen MR) is 117 cm³/mol. The minimum Gasteiger partial charge on any atom is -0.480 e. The zero-order valence-electron chi connectivity index (χ0n) is 17.8. The van der Waals surface area contributed by atoms with E-state index in [1.165, 1.54) is 4.90 Å². The van der Waals surface area contributed by atoms with E-state index in [-0.39, 0.29) is 31.4 Å². The molecule has 1 aliphatic rings. The molecule has 7 heteroatoms. The number of nitrogens with zero attached hydrogens (tertiary/aromatic N) is 1. The average Bonchev–Trinajstić information content (AvgIpc) is 3.05. The number of fused-ring (bicyclic) bond motifs is 3. The molecule has 0 aromatic heterocycles. The lowest BCUT2D eigenvalue weighted by atomic mass is 9.98. The van der Waals surface area contributed by atoms with Crippen LogP contribution in [0.25, 0.3) is 11.1 Å². The van der Waals surface area contributed by atoms with E-state index < -0.39 is 18.1 Å². The van der Waals surface area contributed by atoms with E-state index in [2.05, 4.69) is 17.4 Å². The van der Waals surface area contributed by atoms with E-state index >= 15 is 0 Å². The minimum absolute atomic E-state index is 0.0114. The molecule has 0 saturated heterocycles. The van der Waals surface area contributed by atoms with Crippen molar-refractivity contribution in [2.24, 2.45) is 0 Å². The lowest BCUT2D eigenvalue weighted by Crippen LogP contribution is -2.41. The van der Waals surface area contributed by atoms with Gasteiger partial charge in [0.2, 0.25) is 5.91 Å². The van der Waals surface area contributed by atoms with E-state index in [4.69, 9.17) is 9.84 Å². The Morgan fingerprint density at radius 3 is 2.19 bits per heavy atom. The highest BCUT2D eigenvalue weighted by Crippen LogP contribution is 2.44. The Morgan fingerprint density at radius 1 is 1.06 bits per heavy atom. The number of amides is 2. The summed E-state index contributed by atoms with van der Waals surface area (Å²) >= 11 is 0. The quantitative estimate of drug-likeness (QED) is 0.641. The van der Waals surface area contributed by atoms with E-state index in [0.29, 0.717) is 13.0 Å². The second kappa shape index (κ2) is 10.1. The Kier molecular flexibility index (Phi) is 7.28. The molecule has 0 spiro atoms. The molecule has 2 amide bonds. The molecule has 164 valence electrons. The molecule has 7 nitrogen and oxygen atoms in total. The normalized spacial score (nSPS) is 13.1. The molecular formula is C24H28N2O5. The number of hydrogen-bond donors (Lipinski definition) is 2. The van der Waals surface area contributed by atoms with Crippen LogP contribution in [0.1, 0.15) is 43.7 Å². The third-order valence-corrected chi connectivity index (χ3v) is 5.36. The minimum atomic E-state index is -1.06. The van der Waals surface area contributed by atoms with Crippen molar-refractivity contribution in [2.45, 2.75) is 38.6 Å². The van der Waals surface area contributed by atoms with Crippen LogP contribution < -0.4 is 5.32 Å². The number of carboxylic acids is 1. The second-order valence-electron chi connectivity index (χ2n) is 7.78. The molecular weight excluding hydrogens is 396 g/mol. The number of alkyl carbamates (subject to hydrolysis) is 1. The van der Waals surface area contributed by atoms with Crippen molar-refractivity contribution in [3.63, 3.8) is 0 Å². The number of hydrogen-bond acceptors (Lipinski definition) is 4. The molecule has 2 N–H and O–H groups in total. The van der Waals surface area contributed by atoms with E-state index in [1.54, 1.807) is 6.92 Å². The van der Waals surface area contributed by atoms with Gasteiger partial charge in [0, 0.05) is 24.9 Å². The SMILES string of the molecule is CCCN(CC(=O)O)C(=O)C[C@H](C)NC(=O)OCC1c2ccccc2-c2ccccc21. The van der Waals surface area contributed by atoms with Crippen LogP contribution in [0.15, 0.2) is 48.5 Å². The largest absolute Gasteiger partial charge is 0.480 e. The molecule has 0 aliphatic heterocycles. The third-order valence-electron chi connectivity index (χ3n) is 5.36. The summed E-state index contributed by atoms with van der Waals surface area (Å²) in [6.07, 6.45) is 0.0763. The first-order chi connectivity index (χ1) is 14.9. The summed E-state index contributed by atoms with van der Waals surface area (Å²) in [5.74, 6) is -1.40. The fourth-order valence-electron chi connectivity index (χ4n) is 4.01. The van der Waals surface area contributed by atoms with Gasteiger partial charge in [0.1, 0.15) is 13.2 Å². The predicted octanol–water partition coefficient (Wildman–Crippen LogP) is 3.63. The standard InChI is InChI=1S/C24H28N2O5/c1-3-12-26(14-23(28)29)22(27)13-16(2)25-24(30)31-15-21-19-10-6-4-8-17(19)18-9-5-7-11-20(18)21/h4-11,16,21H,3,12-15H2,1-2H3,(H,25,30)(H,28,29)/t16-/m0/s1. The van der Waals surface area contributed by atoms with Crippen molar-refractivity contribution >= 4 is 18.0 Å². The maximum Gasteiger partial charge on any atom is 0.407 e. The maximum atomic E-state index is 12.4. The van der Waals surface area contributed by atoms with Crippen LogP contribution in [0.2, 0.25) is 0 Å². The molecule has 0 radical (unpaired) electrons. The molecule has 0 unspecified atom stereocenters. The van der Waals surface area contributed by atoms with Crippen LogP contribution in [0, 0.1) is 0 Å². The number of carboxylic acid groups (broad SMARTS) is 1. The first-order valence-electron chi connectivity index (χ1n) is 10.5. The summed E-state index contributed by atoms with van der Waals surface area (Å²) in [6.45, 7) is 3.79. The average molecular weight is 424 g/mol. The summed E-state index contributed by atoms with van der Waals surface area (Å²) in [5, 5.41) is 11.6. The van der Waals surface area contributed by atoms with Crippen LogP contribution in [0.5, 0.6) is 0 Å². The molecule has 1 aliphatic carbocycles. The Bertz CT molecular complexity index is 913. The fraction of sp³-hybridized carbons (Fsp3) is 0.375. The highest BCUT2D eigenvalue weighted by atomic mass is 16.5. The molecule has 0 heterocycles. The fourth-order valence-corrected chi connectivity index (χ4v) is 4.01. The molecule has 3 rings (SSSR count). The van der Waals surface area contributed by atoms with Gasteiger partial charge in [0.25, 0.3) is 0 Å². The number of carbonyl (C=O) groups excluding carboxylic acids is 2. The molecule has 1 atom stereocenters. The Labute approximate surface area is 182 Å². The van der Waals surface area contributed by atoms with Crippen LogP contribution in [0.4, 0.5) is 4.79 Å². The van der Waals surface area contributed by atoms with Crippen molar-refractivity contribution in [2.75, 3.05) is 19.7 Å². The number of benzene rings is 2. The van der Waals surface area contributed by atoms with E-state index in [9.17, 15) is 14.4 Å². The van der Waals surface area contributed by atoms with Gasteiger partial charge >= 0.3 is 12.1 Å². The zero-order valence-corrected chi connectivity index (χ0v) is 17.8. The first-order valence-corrected chi connectivity index (χ1v) is 10.5. The topological polar surface area (TPSA) is 95.9 Å². The van der Waals surface area contributed by atoms with Gasteiger partial charge in [-0.1, -0.05) is 55.5 Å². The first kappa shape index (κ1) is 22.3. The van der Waals surface area contributed by atoms with Crippen molar-refractivity contribution in [1.29, 1.82) is 0 Å². The van der Waals surface area contributed by atoms with Gasteiger partial charge in [-0.25, -0.2) is 4.79 Å². The molecule has 0 bridgehead atoms. The van der Waals surface area contributed by atoms with Gasteiger partial charge in [-0.05, 0) is 35.6 Å². The Hall–Kier alpha value is -3.35. The summed E-state index contributed by atoms with van der Waals surface area (Å²) in [5.41, 5.74) is 4.56. The van der Waals surface area contributed by atoms with Crippen molar-refractivity contribution in [3.8, 4) is 11.1 Å². The van der Waals surface area contributed by atoms with Gasteiger partial charge < -0.3 is 20.1 Å². The zero-order chi connectivity index (χ0) is 22.4. The number of carbonyl (C=O) groups is 3. The molecule has 0 saturated carbocycles. The number of nitrogens with one attached hydrogen (secondary N) is 1. The van der Waals surface area contributed by atoms with Gasteiger partial charge in [0.05, 0.1) is 0 Å². The molecule has 0 fully saturated rings. The van der Waals surface area contributed by atoms with Crippen LogP contribution in [-0.4, -0.2) is 53.7 Å². The maximum absolute atomic E-state index is 12.4. The van der Waals surface area contributed by atoms with Gasteiger partial charge in [-0.2, -0.15) is 0 Å². The second-order valence-corrected chi connectivity index (χ2v) is 7.78. The lowest BCUT2D eigenvalue weighted by Gasteiger charge is -2.22. The Morgan fingerprint density at radius 2 is 1.65 bits per heavy atom. The highest BCUT2D eigenvalue weighted by Gasteiger charge is 2.29. The molecule has 31 heavy (non-hydrogen) atoms. The number of ether oxygens (including phenoxy) is 1.